The van der Waals surface area contributed by atoms with E-state index in [1.807, 2.05) is 16.4 Å². The minimum absolute atomic E-state index is 0.0752. The quantitative estimate of drug-likeness (QED) is 0.463. The third kappa shape index (κ3) is 5.41. The van der Waals surface area contributed by atoms with Gasteiger partial charge >= 0.3 is 0 Å². The van der Waals surface area contributed by atoms with Crippen LogP contribution >= 0.6 is 11.8 Å². The van der Waals surface area contributed by atoms with Crippen molar-refractivity contribution in [3.63, 3.8) is 0 Å². The fourth-order valence-electron chi connectivity index (χ4n) is 3.84. The number of halogens is 1. The van der Waals surface area contributed by atoms with Crippen molar-refractivity contribution in [2.75, 3.05) is 13.1 Å². The predicted octanol–water partition coefficient (Wildman–Crippen LogP) is 4.17. The zero-order valence-corrected chi connectivity index (χ0v) is 18.6. The van der Waals surface area contributed by atoms with Gasteiger partial charge in [-0.3, -0.25) is 9.36 Å². The van der Waals surface area contributed by atoms with E-state index in [1.165, 1.54) is 17.8 Å². The van der Waals surface area contributed by atoms with Crippen LogP contribution in [0.25, 0.3) is 0 Å². The molecule has 0 radical (unpaired) electrons. The Labute approximate surface area is 181 Å². The van der Waals surface area contributed by atoms with Crippen molar-refractivity contribution in [3.8, 4) is 5.75 Å². The van der Waals surface area contributed by atoms with Crippen LogP contribution in [0, 0.1) is 17.7 Å². The Bertz CT molecular complexity index is 878. The molecule has 30 heavy (non-hydrogen) atoms. The number of piperidine rings is 1. The van der Waals surface area contributed by atoms with Crippen molar-refractivity contribution in [1.29, 1.82) is 0 Å². The molecule has 1 saturated heterocycles. The summed E-state index contributed by atoms with van der Waals surface area (Å²) in [5.74, 6) is 1.45. The fourth-order valence-corrected chi connectivity index (χ4v) is 4.80. The van der Waals surface area contributed by atoms with E-state index < -0.39 is 5.82 Å². The van der Waals surface area contributed by atoms with Crippen molar-refractivity contribution in [1.82, 2.24) is 19.7 Å². The molecule has 1 fully saturated rings. The van der Waals surface area contributed by atoms with Crippen molar-refractivity contribution in [2.45, 2.75) is 50.8 Å². The maximum Gasteiger partial charge on any atom is 0.235 e. The average Bonchev–Trinajstić information content (AvgIpc) is 3.07. The number of carbonyl (C=O) groups excluding carboxylic acids is 1. The molecule has 162 valence electrons. The third-order valence-corrected chi connectivity index (χ3v) is 6.18. The smallest absolute Gasteiger partial charge is 0.235 e. The van der Waals surface area contributed by atoms with Gasteiger partial charge in [-0.05, 0) is 37.3 Å². The number of thioether (sulfide) groups is 1. The van der Waals surface area contributed by atoms with Crippen LogP contribution in [0.3, 0.4) is 0 Å². The lowest BCUT2D eigenvalue weighted by Crippen LogP contribution is -2.45. The Balaban J connectivity index is 1.68. The number of hydrogen-bond acceptors (Lipinski definition) is 5. The van der Waals surface area contributed by atoms with Gasteiger partial charge in [0.1, 0.15) is 6.61 Å². The highest BCUT2D eigenvalue weighted by atomic mass is 32.2. The van der Waals surface area contributed by atoms with Crippen LogP contribution in [0.2, 0.25) is 0 Å². The Kier molecular flexibility index (Phi) is 7.53. The molecule has 1 aromatic carbocycles. The molecule has 3 rings (SSSR count). The number of rotatable bonds is 8. The predicted molar refractivity (Wildman–Crippen MR) is 116 cm³/mol. The molecule has 1 aliphatic heterocycles. The summed E-state index contributed by atoms with van der Waals surface area (Å²) >= 11 is 1.38. The summed E-state index contributed by atoms with van der Waals surface area (Å²) < 4.78 is 21.2. The maximum absolute atomic E-state index is 13.8. The normalized spacial score (nSPS) is 20.1. The van der Waals surface area contributed by atoms with Crippen LogP contribution in [0.1, 0.15) is 33.0 Å². The lowest BCUT2D eigenvalue weighted by molar-refractivity contribution is -0.132. The van der Waals surface area contributed by atoms with Crippen LogP contribution in [-0.4, -0.2) is 43.9 Å². The number of allylic oxidation sites excluding steroid dienone is 1. The van der Waals surface area contributed by atoms with E-state index in [9.17, 15) is 9.18 Å². The monoisotopic (exact) mass is 432 g/mol. The second-order valence-electron chi connectivity index (χ2n) is 7.97. The van der Waals surface area contributed by atoms with Gasteiger partial charge in [0.15, 0.2) is 22.5 Å². The standard InChI is InChI=1S/C22H29FN4O2S/c1-5-10-27-20(14-29-19-9-7-6-8-18(19)23)24-25-22(27)30-17(4)21(28)26-12-15(2)11-16(3)13-26/h5-9,15-17H,1,10-14H2,2-4H3. The van der Waals surface area contributed by atoms with Crippen LogP contribution in [0.5, 0.6) is 5.75 Å². The summed E-state index contributed by atoms with van der Waals surface area (Å²) in [7, 11) is 0. The lowest BCUT2D eigenvalue weighted by atomic mass is 9.92. The van der Waals surface area contributed by atoms with Crippen molar-refractivity contribution < 1.29 is 13.9 Å². The summed E-state index contributed by atoms with van der Waals surface area (Å²) in [5.41, 5.74) is 0. The van der Waals surface area contributed by atoms with Gasteiger partial charge in [-0.2, -0.15) is 0 Å². The number of nitrogens with zero attached hydrogens (tertiary/aromatic N) is 4. The number of benzene rings is 1. The molecule has 3 unspecified atom stereocenters. The number of likely N-dealkylation sites (tertiary alicyclic amines) is 1. The van der Waals surface area contributed by atoms with E-state index in [2.05, 4.69) is 30.6 Å². The zero-order chi connectivity index (χ0) is 21.7. The topological polar surface area (TPSA) is 60.2 Å². The van der Waals surface area contributed by atoms with Gasteiger partial charge < -0.3 is 9.64 Å². The third-order valence-electron chi connectivity index (χ3n) is 5.11. The Morgan fingerprint density at radius 3 is 2.70 bits per heavy atom. The van der Waals surface area contributed by atoms with E-state index in [0.29, 0.717) is 29.4 Å². The number of amides is 1. The first-order valence-corrected chi connectivity index (χ1v) is 11.1. The highest BCUT2D eigenvalue weighted by Crippen LogP contribution is 2.28. The van der Waals surface area contributed by atoms with E-state index in [4.69, 9.17) is 4.74 Å². The van der Waals surface area contributed by atoms with Crippen LogP contribution in [0.4, 0.5) is 4.39 Å². The van der Waals surface area contributed by atoms with Gasteiger partial charge in [-0.1, -0.05) is 43.8 Å². The molecule has 0 spiro atoms. The van der Waals surface area contributed by atoms with Gasteiger partial charge in [0.25, 0.3) is 0 Å². The van der Waals surface area contributed by atoms with Gasteiger partial charge in [0.2, 0.25) is 5.91 Å². The van der Waals surface area contributed by atoms with Gasteiger partial charge in [0, 0.05) is 19.6 Å². The number of aromatic nitrogens is 3. The van der Waals surface area contributed by atoms with E-state index in [0.717, 1.165) is 19.5 Å². The molecule has 0 aliphatic carbocycles. The molecule has 1 aliphatic rings. The zero-order valence-electron chi connectivity index (χ0n) is 17.8. The minimum Gasteiger partial charge on any atom is -0.483 e. The van der Waals surface area contributed by atoms with E-state index in [-0.39, 0.29) is 23.5 Å². The first-order valence-electron chi connectivity index (χ1n) is 10.2. The maximum atomic E-state index is 13.8. The largest absolute Gasteiger partial charge is 0.483 e. The van der Waals surface area contributed by atoms with Crippen molar-refractivity contribution >= 4 is 17.7 Å². The molecular weight excluding hydrogens is 403 g/mol. The van der Waals surface area contributed by atoms with E-state index in [1.54, 1.807) is 24.3 Å². The Morgan fingerprint density at radius 1 is 1.33 bits per heavy atom. The summed E-state index contributed by atoms with van der Waals surface area (Å²) in [6.07, 6.45) is 2.89. The summed E-state index contributed by atoms with van der Waals surface area (Å²) in [5, 5.41) is 8.80. The molecule has 0 saturated carbocycles. The number of ether oxygens (including phenoxy) is 1. The highest BCUT2D eigenvalue weighted by Gasteiger charge is 2.29. The molecule has 1 amide bonds. The number of para-hydroxylation sites is 1. The van der Waals surface area contributed by atoms with Crippen molar-refractivity contribution in [3.05, 3.63) is 48.6 Å². The molecule has 6 nitrogen and oxygen atoms in total. The minimum atomic E-state index is -0.425. The number of carbonyl (C=O) groups is 1. The van der Waals surface area contributed by atoms with Crippen LogP contribution < -0.4 is 4.74 Å². The Hall–Kier alpha value is -2.35. The number of hydrogen-bond donors (Lipinski definition) is 0. The highest BCUT2D eigenvalue weighted by molar-refractivity contribution is 8.00. The molecule has 2 heterocycles. The first-order chi connectivity index (χ1) is 14.4. The van der Waals surface area contributed by atoms with Crippen LogP contribution in [0.15, 0.2) is 42.1 Å². The fraction of sp³-hybridized carbons (Fsp3) is 0.500. The molecule has 3 atom stereocenters. The summed E-state index contributed by atoms with van der Waals surface area (Å²) in [6, 6.07) is 6.24. The summed E-state index contributed by atoms with van der Waals surface area (Å²) in [4.78, 5) is 14.9. The van der Waals surface area contributed by atoms with Crippen molar-refractivity contribution in [2.24, 2.45) is 11.8 Å². The SMILES string of the molecule is C=CCn1c(COc2ccccc2F)nnc1SC(C)C(=O)N1CC(C)CC(C)C1. The van der Waals surface area contributed by atoms with Gasteiger partial charge in [-0.25, -0.2) is 4.39 Å². The second-order valence-corrected chi connectivity index (χ2v) is 9.27. The molecular formula is C22H29FN4O2S. The van der Waals surface area contributed by atoms with Gasteiger partial charge in [0.05, 0.1) is 5.25 Å². The average molecular weight is 433 g/mol. The Morgan fingerprint density at radius 2 is 2.03 bits per heavy atom. The first kappa shape index (κ1) is 22.3. The molecule has 0 N–H and O–H groups in total. The molecule has 0 bridgehead atoms. The lowest BCUT2D eigenvalue weighted by Gasteiger charge is -2.36. The molecule has 2 aromatic rings. The van der Waals surface area contributed by atoms with E-state index >= 15 is 0 Å². The van der Waals surface area contributed by atoms with Gasteiger partial charge in [-0.15, -0.1) is 16.8 Å². The second kappa shape index (κ2) is 10.1. The van der Waals surface area contributed by atoms with Crippen LogP contribution in [-0.2, 0) is 17.9 Å². The molecule has 1 aromatic heterocycles. The summed E-state index contributed by atoms with van der Waals surface area (Å²) in [6.45, 7) is 12.2. The molecule has 8 heteroatoms.